The lowest BCUT2D eigenvalue weighted by Gasteiger charge is -2.32. The van der Waals surface area contributed by atoms with E-state index in [1.54, 1.807) is 0 Å². The van der Waals surface area contributed by atoms with E-state index in [-0.39, 0.29) is 0 Å². The van der Waals surface area contributed by atoms with Crippen LogP contribution in [-0.2, 0) is 0 Å². The molecule has 1 aromatic carbocycles. The summed E-state index contributed by atoms with van der Waals surface area (Å²) in [6, 6.07) is 6.52. The van der Waals surface area contributed by atoms with Crippen molar-refractivity contribution in [2.24, 2.45) is 17.4 Å². The Morgan fingerprint density at radius 1 is 1.03 bits per heavy atom. The SMILES string of the molecule is C=CN.NCCCCC1C2=CCCC=C2Oc2cc(OCC3CCCCCCC3)ccc21. The van der Waals surface area contributed by atoms with Crippen molar-refractivity contribution >= 4 is 0 Å². The normalized spacial score (nSPS) is 20.6. The van der Waals surface area contributed by atoms with Crippen molar-refractivity contribution in [3.8, 4) is 11.5 Å². The van der Waals surface area contributed by atoms with Crippen molar-refractivity contribution in [1.29, 1.82) is 0 Å². The highest BCUT2D eigenvalue weighted by Crippen LogP contribution is 2.46. The van der Waals surface area contributed by atoms with Gasteiger partial charge in [0.1, 0.15) is 17.3 Å². The first-order valence-corrected chi connectivity index (χ1v) is 12.6. The molecule has 3 aliphatic rings. The molecule has 32 heavy (non-hydrogen) atoms. The van der Waals surface area contributed by atoms with Gasteiger partial charge in [-0.05, 0) is 74.9 Å². The highest BCUT2D eigenvalue weighted by atomic mass is 16.5. The Bertz CT molecular complexity index is 776. The number of hydrogen-bond donors (Lipinski definition) is 2. The molecule has 1 atom stereocenters. The average Bonchev–Trinajstić information content (AvgIpc) is 2.78. The molecule has 0 saturated heterocycles. The standard InChI is InChI=1S/C26H37NO2.C2H5N/c27-17-9-8-12-22-23-13-6-7-14-25(23)29-26-18-21(15-16-24(22)26)28-19-20-10-4-2-1-3-5-11-20;1-2-3/h13-16,18,20,22H,1-12,17,19,27H2;2H,1,3H2. The van der Waals surface area contributed by atoms with Crippen molar-refractivity contribution in [2.45, 2.75) is 83.0 Å². The summed E-state index contributed by atoms with van der Waals surface area (Å²) in [5.74, 6) is 4.14. The third kappa shape index (κ3) is 6.90. The van der Waals surface area contributed by atoms with Gasteiger partial charge < -0.3 is 20.9 Å². The van der Waals surface area contributed by atoms with Gasteiger partial charge in [-0.1, -0.05) is 57.2 Å². The van der Waals surface area contributed by atoms with Gasteiger partial charge in [-0.25, -0.2) is 0 Å². The Labute approximate surface area is 194 Å². The monoisotopic (exact) mass is 438 g/mol. The van der Waals surface area contributed by atoms with Gasteiger partial charge in [-0.15, -0.1) is 0 Å². The molecule has 4 nitrogen and oxygen atoms in total. The van der Waals surface area contributed by atoms with Crippen LogP contribution in [0.3, 0.4) is 0 Å². The minimum Gasteiger partial charge on any atom is -0.493 e. The Morgan fingerprint density at radius 3 is 2.50 bits per heavy atom. The minimum absolute atomic E-state index is 0.427. The van der Waals surface area contributed by atoms with E-state index < -0.39 is 0 Å². The third-order valence-electron chi connectivity index (χ3n) is 6.76. The first-order chi connectivity index (χ1) is 15.8. The van der Waals surface area contributed by atoms with E-state index in [2.05, 4.69) is 42.7 Å². The summed E-state index contributed by atoms with van der Waals surface area (Å²) in [6.07, 6.45) is 21.0. The molecule has 2 aliphatic carbocycles. The third-order valence-corrected chi connectivity index (χ3v) is 6.76. The van der Waals surface area contributed by atoms with Gasteiger partial charge in [0.25, 0.3) is 0 Å². The Hall–Kier alpha value is -2.20. The second-order valence-corrected chi connectivity index (χ2v) is 9.20. The maximum Gasteiger partial charge on any atom is 0.134 e. The molecule has 176 valence electrons. The van der Waals surface area contributed by atoms with Crippen LogP contribution in [0.2, 0.25) is 0 Å². The lowest BCUT2D eigenvalue weighted by Crippen LogP contribution is -2.19. The molecular weight excluding hydrogens is 396 g/mol. The highest BCUT2D eigenvalue weighted by Gasteiger charge is 2.30. The van der Waals surface area contributed by atoms with Gasteiger partial charge in [0.05, 0.1) is 6.61 Å². The fourth-order valence-corrected chi connectivity index (χ4v) is 5.08. The Morgan fingerprint density at radius 2 is 1.75 bits per heavy atom. The predicted octanol–water partition coefficient (Wildman–Crippen LogP) is 6.72. The van der Waals surface area contributed by atoms with Crippen LogP contribution in [0.25, 0.3) is 0 Å². The number of allylic oxidation sites excluding steroid dienone is 3. The lowest BCUT2D eigenvalue weighted by molar-refractivity contribution is 0.217. The molecule has 0 amide bonds. The van der Waals surface area contributed by atoms with Crippen LogP contribution in [0.5, 0.6) is 11.5 Å². The molecule has 4 rings (SSSR count). The lowest BCUT2D eigenvalue weighted by atomic mass is 9.81. The molecule has 4 N–H and O–H groups in total. The van der Waals surface area contributed by atoms with Crippen molar-refractivity contribution in [3.05, 3.63) is 60.0 Å². The summed E-state index contributed by atoms with van der Waals surface area (Å²) in [7, 11) is 0. The van der Waals surface area contributed by atoms with Crippen LogP contribution in [0.15, 0.2) is 54.5 Å². The molecular formula is C28H42N2O2. The summed E-state index contributed by atoms with van der Waals surface area (Å²) in [6.45, 7) is 4.75. The van der Waals surface area contributed by atoms with E-state index >= 15 is 0 Å². The molecule has 0 spiro atoms. The van der Waals surface area contributed by atoms with E-state index in [4.69, 9.17) is 15.2 Å². The Kier molecular flexibility index (Phi) is 10.2. The smallest absolute Gasteiger partial charge is 0.134 e. The molecule has 1 fully saturated rings. The van der Waals surface area contributed by atoms with Gasteiger partial charge in [0.15, 0.2) is 0 Å². The molecule has 1 unspecified atom stereocenters. The summed E-state index contributed by atoms with van der Waals surface area (Å²) in [5, 5.41) is 0. The van der Waals surface area contributed by atoms with Gasteiger partial charge in [0, 0.05) is 17.5 Å². The number of rotatable bonds is 7. The molecule has 0 aromatic heterocycles. The van der Waals surface area contributed by atoms with Gasteiger partial charge in [-0.3, -0.25) is 0 Å². The maximum atomic E-state index is 6.33. The quantitative estimate of drug-likeness (QED) is 0.463. The Balaban J connectivity index is 0.000000913. The van der Waals surface area contributed by atoms with E-state index in [9.17, 15) is 0 Å². The van der Waals surface area contributed by atoms with E-state index in [1.165, 1.54) is 62.3 Å². The second-order valence-electron chi connectivity index (χ2n) is 9.20. The fourth-order valence-electron chi connectivity index (χ4n) is 5.08. The maximum absolute atomic E-state index is 6.33. The number of unbranched alkanes of at least 4 members (excludes halogenated alkanes) is 1. The zero-order chi connectivity index (χ0) is 22.6. The van der Waals surface area contributed by atoms with Crippen LogP contribution in [-0.4, -0.2) is 13.2 Å². The van der Waals surface area contributed by atoms with Gasteiger partial charge in [-0.2, -0.15) is 0 Å². The summed E-state index contributed by atoms with van der Waals surface area (Å²) in [5.41, 5.74) is 13.0. The average molecular weight is 439 g/mol. The van der Waals surface area contributed by atoms with Crippen molar-refractivity contribution in [1.82, 2.24) is 0 Å². The van der Waals surface area contributed by atoms with Crippen molar-refractivity contribution in [3.63, 3.8) is 0 Å². The molecule has 0 bridgehead atoms. The number of nitrogens with two attached hydrogens (primary N) is 2. The minimum atomic E-state index is 0.427. The van der Waals surface area contributed by atoms with Crippen LogP contribution in [0, 0.1) is 5.92 Å². The molecule has 1 heterocycles. The van der Waals surface area contributed by atoms with Crippen LogP contribution < -0.4 is 20.9 Å². The van der Waals surface area contributed by atoms with E-state index in [0.717, 1.165) is 62.5 Å². The fraction of sp³-hybridized carbons (Fsp3) is 0.571. The zero-order valence-electron chi connectivity index (χ0n) is 19.7. The summed E-state index contributed by atoms with van der Waals surface area (Å²) >= 11 is 0. The van der Waals surface area contributed by atoms with Crippen molar-refractivity contribution in [2.75, 3.05) is 13.2 Å². The molecule has 1 aromatic rings. The number of fused-ring (bicyclic) bond motifs is 2. The summed E-state index contributed by atoms with van der Waals surface area (Å²) in [4.78, 5) is 0. The van der Waals surface area contributed by atoms with Gasteiger partial charge >= 0.3 is 0 Å². The van der Waals surface area contributed by atoms with Crippen LogP contribution in [0.1, 0.15) is 88.5 Å². The highest BCUT2D eigenvalue weighted by molar-refractivity contribution is 5.54. The predicted molar refractivity (Wildman–Crippen MR) is 134 cm³/mol. The summed E-state index contributed by atoms with van der Waals surface area (Å²) < 4.78 is 12.6. The molecule has 0 radical (unpaired) electrons. The molecule has 1 saturated carbocycles. The molecule has 1 aliphatic heterocycles. The van der Waals surface area contributed by atoms with Crippen molar-refractivity contribution < 1.29 is 9.47 Å². The zero-order valence-corrected chi connectivity index (χ0v) is 19.7. The number of benzene rings is 1. The molecule has 4 heteroatoms. The number of hydrogen-bond acceptors (Lipinski definition) is 4. The van der Waals surface area contributed by atoms with E-state index in [1.807, 2.05) is 0 Å². The van der Waals surface area contributed by atoms with Crippen LogP contribution in [0.4, 0.5) is 0 Å². The largest absolute Gasteiger partial charge is 0.493 e. The topological polar surface area (TPSA) is 70.5 Å². The first-order valence-electron chi connectivity index (χ1n) is 12.6. The second kappa shape index (κ2) is 13.4. The van der Waals surface area contributed by atoms with Gasteiger partial charge in [0.2, 0.25) is 0 Å². The van der Waals surface area contributed by atoms with Crippen LogP contribution >= 0.6 is 0 Å². The van der Waals surface area contributed by atoms with E-state index in [0.29, 0.717) is 11.8 Å². The number of ether oxygens (including phenoxy) is 2. The first kappa shape index (κ1) is 24.4.